The van der Waals surface area contributed by atoms with Crippen LogP contribution in [0.3, 0.4) is 0 Å². The summed E-state index contributed by atoms with van der Waals surface area (Å²) >= 11 is 6.29. The molecule has 4 heteroatoms. The Morgan fingerprint density at radius 3 is 2.75 bits per heavy atom. The van der Waals surface area contributed by atoms with Gasteiger partial charge in [-0.2, -0.15) is 0 Å². The summed E-state index contributed by atoms with van der Waals surface area (Å²) in [5.41, 5.74) is 3.58. The van der Waals surface area contributed by atoms with Gasteiger partial charge in [0.25, 0.3) is 0 Å². The zero-order chi connectivity index (χ0) is 14.3. The molecule has 3 rings (SSSR count). The Bertz CT molecular complexity index is 672. The van der Waals surface area contributed by atoms with Gasteiger partial charge >= 0.3 is 0 Å². The number of nitrogens with zero attached hydrogens (tertiary/aromatic N) is 1. The molecule has 0 radical (unpaired) electrons. The molecule has 20 heavy (non-hydrogen) atoms. The molecule has 0 saturated carbocycles. The number of rotatable bonds is 1. The summed E-state index contributed by atoms with van der Waals surface area (Å²) in [6.07, 6.45) is 0. The van der Waals surface area contributed by atoms with Crippen molar-refractivity contribution in [1.82, 2.24) is 0 Å². The molecule has 0 atom stereocenters. The molecule has 0 unspecified atom stereocenters. The van der Waals surface area contributed by atoms with Crippen LogP contribution in [0.15, 0.2) is 30.3 Å². The molecule has 1 aliphatic heterocycles. The Morgan fingerprint density at radius 1 is 1.25 bits per heavy atom. The Hall–Kier alpha value is -1.74. The maximum Gasteiger partial charge on any atom is 0.161 e. The van der Waals surface area contributed by atoms with Crippen molar-refractivity contribution < 1.29 is 9.13 Å². The van der Waals surface area contributed by atoms with Crippen molar-refractivity contribution in [3.05, 3.63) is 57.9 Å². The molecule has 2 aromatic carbocycles. The molecular formula is C16H15ClFNO. The number of hydrogen-bond acceptors (Lipinski definition) is 2. The van der Waals surface area contributed by atoms with E-state index in [1.165, 1.54) is 6.07 Å². The number of hydrogen-bond donors (Lipinski definition) is 0. The molecule has 104 valence electrons. The smallest absolute Gasteiger partial charge is 0.161 e. The number of ether oxygens (including phenoxy) is 1. The van der Waals surface area contributed by atoms with Gasteiger partial charge in [0.1, 0.15) is 11.6 Å². The topological polar surface area (TPSA) is 12.5 Å². The second-order valence-corrected chi connectivity index (χ2v) is 5.41. The number of halogens is 2. The van der Waals surface area contributed by atoms with Crippen LogP contribution in [0.5, 0.6) is 5.75 Å². The summed E-state index contributed by atoms with van der Waals surface area (Å²) < 4.78 is 19.6. The first-order valence-electron chi connectivity index (χ1n) is 6.49. The fourth-order valence-electron chi connectivity index (χ4n) is 2.53. The van der Waals surface area contributed by atoms with E-state index in [1.54, 1.807) is 12.1 Å². The first kappa shape index (κ1) is 13.3. The van der Waals surface area contributed by atoms with E-state index in [-0.39, 0.29) is 5.82 Å². The van der Waals surface area contributed by atoms with Gasteiger partial charge in [-0.15, -0.1) is 0 Å². The van der Waals surface area contributed by atoms with Gasteiger partial charge in [0.2, 0.25) is 0 Å². The zero-order valence-corrected chi connectivity index (χ0v) is 12.2. The monoisotopic (exact) mass is 291 g/mol. The van der Waals surface area contributed by atoms with E-state index in [1.807, 2.05) is 30.9 Å². The molecule has 2 nitrogen and oxygen atoms in total. The average molecular weight is 292 g/mol. The molecule has 0 bridgehead atoms. The van der Waals surface area contributed by atoms with Crippen molar-refractivity contribution in [2.45, 2.75) is 20.4 Å². The van der Waals surface area contributed by atoms with Crippen LogP contribution in [0.2, 0.25) is 5.02 Å². The molecule has 1 aliphatic rings. The van der Waals surface area contributed by atoms with Crippen molar-refractivity contribution in [1.29, 1.82) is 0 Å². The number of para-hydroxylation sites is 1. The van der Waals surface area contributed by atoms with Crippen LogP contribution in [0, 0.1) is 19.7 Å². The van der Waals surface area contributed by atoms with Gasteiger partial charge in [-0.05, 0) is 43.2 Å². The molecule has 0 fully saturated rings. The van der Waals surface area contributed by atoms with E-state index in [0.29, 0.717) is 19.0 Å². The van der Waals surface area contributed by atoms with E-state index >= 15 is 0 Å². The van der Waals surface area contributed by atoms with Crippen molar-refractivity contribution in [2.75, 3.05) is 11.6 Å². The summed E-state index contributed by atoms with van der Waals surface area (Å²) in [6.45, 7) is 4.88. The number of anilines is 1. The third-order valence-corrected chi connectivity index (χ3v) is 4.27. The molecule has 1 heterocycles. The predicted molar refractivity (Wildman–Crippen MR) is 79.0 cm³/mol. The van der Waals surface area contributed by atoms with E-state index < -0.39 is 0 Å². The van der Waals surface area contributed by atoms with E-state index in [2.05, 4.69) is 0 Å². The molecular weight excluding hydrogens is 277 g/mol. The third kappa shape index (κ3) is 2.12. The minimum absolute atomic E-state index is 0.240. The first-order valence-corrected chi connectivity index (χ1v) is 6.86. The van der Waals surface area contributed by atoms with Gasteiger partial charge in [-0.1, -0.05) is 23.7 Å². The van der Waals surface area contributed by atoms with Gasteiger partial charge < -0.3 is 9.64 Å². The van der Waals surface area contributed by atoms with Gasteiger partial charge in [-0.3, -0.25) is 0 Å². The third-order valence-electron chi connectivity index (χ3n) is 3.69. The van der Waals surface area contributed by atoms with Gasteiger partial charge in [0.15, 0.2) is 6.73 Å². The van der Waals surface area contributed by atoms with Gasteiger partial charge in [-0.25, -0.2) is 4.39 Å². The summed E-state index contributed by atoms with van der Waals surface area (Å²) in [5, 5.41) is 0.753. The second kappa shape index (κ2) is 4.98. The highest BCUT2D eigenvalue weighted by Gasteiger charge is 2.23. The Labute approximate surface area is 122 Å². The highest BCUT2D eigenvalue weighted by atomic mass is 35.5. The minimum Gasteiger partial charge on any atom is -0.473 e. The normalized spacial score (nSPS) is 13.9. The summed E-state index contributed by atoms with van der Waals surface area (Å²) in [6, 6.07) is 8.67. The van der Waals surface area contributed by atoms with E-state index in [9.17, 15) is 4.39 Å². The van der Waals surface area contributed by atoms with Crippen LogP contribution in [-0.2, 0) is 6.54 Å². The lowest BCUT2D eigenvalue weighted by Crippen LogP contribution is -2.33. The van der Waals surface area contributed by atoms with Crippen molar-refractivity contribution in [2.24, 2.45) is 0 Å². The van der Waals surface area contributed by atoms with Crippen LogP contribution in [-0.4, -0.2) is 6.73 Å². The summed E-state index contributed by atoms with van der Waals surface area (Å²) in [4.78, 5) is 1.87. The maximum atomic E-state index is 13.9. The number of fused-ring (bicyclic) bond motifs is 1. The molecule has 0 spiro atoms. The SMILES string of the molecule is Cc1cc2c(c(C)c1Cl)CN(c1ccccc1F)CO2. The fraction of sp³-hybridized carbons (Fsp3) is 0.250. The fourth-order valence-corrected chi connectivity index (χ4v) is 2.70. The van der Waals surface area contributed by atoms with Crippen molar-refractivity contribution in [3.8, 4) is 5.75 Å². The Balaban J connectivity index is 2.00. The van der Waals surface area contributed by atoms with Gasteiger partial charge in [0, 0.05) is 10.6 Å². The van der Waals surface area contributed by atoms with Crippen LogP contribution in [0.25, 0.3) is 0 Å². The Morgan fingerprint density at radius 2 is 2.00 bits per heavy atom. The quantitative estimate of drug-likeness (QED) is 0.769. The first-order chi connectivity index (χ1) is 9.58. The molecule has 2 aromatic rings. The standard InChI is InChI=1S/C16H15ClFNO/c1-10-7-15-12(11(2)16(10)17)8-19(9-20-15)14-6-4-3-5-13(14)18/h3-7H,8-9H2,1-2H3. The second-order valence-electron chi connectivity index (χ2n) is 5.03. The molecule has 0 N–H and O–H groups in total. The zero-order valence-electron chi connectivity index (χ0n) is 11.4. The van der Waals surface area contributed by atoms with Crippen molar-refractivity contribution >= 4 is 17.3 Å². The van der Waals surface area contributed by atoms with Gasteiger partial charge in [0.05, 0.1) is 12.2 Å². The highest BCUT2D eigenvalue weighted by molar-refractivity contribution is 6.32. The molecule has 0 aromatic heterocycles. The van der Waals surface area contributed by atoms with Crippen LogP contribution in [0.4, 0.5) is 10.1 Å². The Kier molecular flexibility index (Phi) is 3.30. The van der Waals surface area contributed by atoms with Crippen LogP contribution in [0.1, 0.15) is 16.7 Å². The van der Waals surface area contributed by atoms with E-state index in [4.69, 9.17) is 16.3 Å². The molecule has 0 saturated heterocycles. The molecule has 0 amide bonds. The highest BCUT2D eigenvalue weighted by Crippen LogP contribution is 2.36. The summed E-state index contributed by atoms with van der Waals surface area (Å²) in [5.74, 6) is 0.604. The van der Waals surface area contributed by atoms with Crippen LogP contribution >= 0.6 is 11.6 Å². The number of benzene rings is 2. The minimum atomic E-state index is -0.240. The van der Waals surface area contributed by atoms with E-state index in [0.717, 1.165) is 27.5 Å². The maximum absolute atomic E-state index is 13.9. The molecule has 0 aliphatic carbocycles. The van der Waals surface area contributed by atoms with Crippen molar-refractivity contribution in [3.63, 3.8) is 0 Å². The summed E-state index contributed by atoms with van der Waals surface area (Å²) in [7, 11) is 0. The lowest BCUT2D eigenvalue weighted by atomic mass is 10.0. The average Bonchev–Trinajstić information content (AvgIpc) is 2.45. The lowest BCUT2D eigenvalue weighted by molar-refractivity contribution is 0.287. The van der Waals surface area contributed by atoms with Crippen LogP contribution < -0.4 is 9.64 Å². The largest absolute Gasteiger partial charge is 0.473 e. The lowest BCUT2D eigenvalue weighted by Gasteiger charge is -2.32. The predicted octanol–water partition coefficient (Wildman–Crippen LogP) is 4.45. The number of aryl methyl sites for hydroxylation is 1.